The molecular formula is C35H59N5O7S. The Balaban J connectivity index is 1.86. The van der Waals surface area contributed by atoms with E-state index in [1.54, 1.807) is 0 Å². The van der Waals surface area contributed by atoms with E-state index in [9.17, 15) is 32.4 Å². The Morgan fingerprint density at radius 2 is 1.67 bits per heavy atom. The zero-order chi connectivity index (χ0) is 35.9. The lowest BCUT2D eigenvalue weighted by Crippen LogP contribution is -2.65. The highest BCUT2D eigenvalue weighted by Crippen LogP contribution is 2.40. The standard InChI is InChI=1S/C35H59N5O7S/c1-8-10-15-25(28(41)31(43)36-20-9-2)37-30(42)27-24(23(3)4)17-21-40(27)32(44)29(34(5,6)7)38-33(45)39-35(18-12-11-13-19-35)26-16-14-22-48(26,46)47/h9,23-27,29H,2,8,10-22H2,1,3-7H3,(H,36,43)(H,37,42)(H2,38,39,45)/t24-,25+,26+,27+,29-/m1/s1. The summed E-state index contributed by atoms with van der Waals surface area (Å²) in [6.45, 7) is 15.4. The van der Waals surface area contributed by atoms with Crippen molar-refractivity contribution >= 4 is 39.4 Å². The van der Waals surface area contributed by atoms with Crippen molar-refractivity contribution in [2.24, 2.45) is 17.3 Å². The van der Waals surface area contributed by atoms with Gasteiger partial charge in [-0.2, -0.15) is 0 Å². The molecule has 3 aliphatic rings. The first kappa shape index (κ1) is 39.5. The summed E-state index contributed by atoms with van der Waals surface area (Å²) >= 11 is 0. The number of likely N-dealkylation sites (tertiary alicyclic amines) is 1. The van der Waals surface area contributed by atoms with Gasteiger partial charge in [0.05, 0.1) is 22.6 Å². The summed E-state index contributed by atoms with van der Waals surface area (Å²) in [7, 11) is -3.36. The third-order valence-electron chi connectivity index (χ3n) is 10.4. The van der Waals surface area contributed by atoms with Gasteiger partial charge in [0.2, 0.25) is 17.6 Å². The molecule has 0 bridgehead atoms. The normalized spacial score (nSPS) is 24.7. The minimum atomic E-state index is -3.36. The second-order valence-corrected chi connectivity index (χ2v) is 17.7. The molecule has 0 radical (unpaired) electrons. The molecule has 0 aromatic carbocycles. The van der Waals surface area contributed by atoms with Gasteiger partial charge in [-0.15, -0.1) is 6.58 Å². The van der Waals surface area contributed by atoms with Gasteiger partial charge >= 0.3 is 6.03 Å². The minimum Gasteiger partial charge on any atom is -0.346 e. The monoisotopic (exact) mass is 693 g/mol. The van der Waals surface area contributed by atoms with Gasteiger partial charge in [-0.3, -0.25) is 19.2 Å². The Labute approximate surface area is 287 Å². The first-order chi connectivity index (χ1) is 22.5. The van der Waals surface area contributed by atoms with Gasteiger partial charge in [-0.25, -0.2) is 13.2 Å². The van der Waals surface area contributed by atoms with E-state index in [-0.39, 0.29) is 37.1 Å². The molecule has 5 atom stereocenters. The molecule has 2 saturated heterocycles. The lowest BCUT2D eigenvalue weighted by atomic mass is 9.78. The molecule has 3 rings (SSSR count). The SMILES string of the molecule is C=CCNC(=O)C(=O)[C@H](CCCC)NC(=O)[C@@H]1[C@@H](C(C)C)CCN1C(=O)[C@@H](NC(=O)NC1([C@@H]2CCCS2(=O)=O)CCCCC1)C(C)(C)C. The number of amides is 5. The van der Waals surface area contributed by atoms with Crippen molar-refractivity contribution in [1.29, 1.82) is 0 Å². The van der Waals surface area contributed by atoms with E-state index in [1.807, 2.05) is 41.5 Å². The van der Waals surface area contributed by atoms with Gasteiger partial charge in [0.25, 0.3) is 5.91 Å². The number of nitrogens with one attached hydrogen (secondary N) is 4. The summed E-state index contributed by atoms with van der Waals surface area (Å²) in [4.78, 5) is 69.4. The molecule has 12 nitrogen and oxygen atoms in total. The van der Waals surface area contributed by atoms with Crippen LogP contribution in [0, 0.1) is 17.3 Å². The number of Topliss-reactive ketones (excluding diaryl/α,β-unsaturated/α-hetero) is 1. The molecule has 272 valence electrons. The topological polar surface area (TPSA) is 171 Å². The van der Waals surface area contributed by atoms with Crippen molar-refractivity contribution in [3.05, 3.63) is 12.7 Å². The molecule has 5 amide bonds. The van der Waals surface area contributed by atoms with Crippen molar-refractivity contribution in [2.45, 2.75) is 141 Å². The number of urea groups is 1. The molecule has 4 N–H and O–H groups in total. The number of carbonyl (C=O) groups excluding carboxylic acids is 5. The average Bonchev–Trinajstić information content (AvgIpc) is 3.63. The summed E-state index contributed by atoms with van der Waals surface area (Å²) in [5.41, 5.74) is -1.65. The van der Waals surface area contributed by atoms with Crippen LogP contribution in [-0.4, -0.2) is 90.6 Å². The summed E-state index contributed by atoms with van der Waals surface area (Å²) in [5, 5.41) is 10.6. The molecule has 0 unspecified atom stereocenters. The summed E-state index contributed by atoms with van der Waals surface area (Å²) in [6, 6.07) is -3.58. The molecule has 0 spiro atoms. The van der Waals surface area contributed by atoms with Gasteiger partial charge < -0.3 is 26.2 Å². The van der Waals surface area contributed by atoms with Crippen LogP contribution in [0.15, 0.2) is 12.7 Å². The second kappa shape index (κ2) is 16.6. The number of ketones is 1. The third-order valence-corrected chi connectivity index (χ3v) is 12.8. The smallest absolute Gasteiger partial charge is 0.315 e. The van der Waals surface area contributed by atoms with Gasteiger partial charge in [0.15, 0.2) is 9.84 Å². The number of rotatable bonds is 14. The maximum absolute atomic E-state index is 14.4. The first-order valence-electron chi connectivity index (χ1n) is 17.8. The van der Waals surface area contributed by atoms with Crippen LogP contribution in [0.1, 0.15) is 112 Å². The van der Waals surface area contributed by atoms with E-state index in [4.69, 9.17) is 0 Å². The van der Waals surface area contributed by atoms with Crippen LogP contribution in [0.3, 0.4) is 0 Å². The Hall–Kier alpha value is -2.96. The number of sulfone groups is 1. The molecule has 2 aliphatic heterocycles. The van der Waals surface area contributed by atoms with Crippen LogP contribution in [0.25, 0.3) is 0 Å². The molecule has 13 heteroatoms. The second-order valence-electron chi connectivity index (χ2n) is 15.4. The maximum atomic E-state index is 14.4. The van der Waals surface area contributed by atoms with Crippen molar-refractivity contribution in [3.8, 4) is 0 Å². The predicted octanol–water partition coefficient (Wildman–Crippen LogP) is 3.40. The number of unbranched alkanes of at least 4 members (excludes halogenated alkanes) is 1. The molecule has 48 heavy (non-hydrogen) atoms. The number of hydrogen-bond donors (Lipinski definition) is 4. The van der Waals surface area contributed by atoms with Crippen LogP contribution in [0.5, 0.6) is 0 Å². The fourth-order valence-corrected chi connectivity index (χ4v) is 10.1. The highest BCUT2D eigenvalue weighted by molar-refractivity contribution is 7.92. The molecule has 0 aromatic heterocycles. The largest absolute Gasteiger partial charge is 0.346 e. The van der Waals surface area contributed by atoms with E-state index in [0.29, 0.717) is 38.5 Å². The number of hydrogen-bond acceptors (Lipinski definition) is 7. The van der Waals surface area contributed by atoms with Gasteiger partial charge in [-0.1, -0.05) is 79.7 Å². The Bertz CT molecular complexity index is 1300. The molecular weight excluding hydrogens is 634 g/mol. The van der Waals surface area contributed by atoms with Crippen molar-refractivity contribution < 1.29 is 32.4 Å². The summed E-state index contributed by atoms with van der Waals surface area (Å²) in [6.07, 6.45) is 8.46. The van der Waals surface area contributed by atoms with Gasteiger partial charge in [0, 0.05) is 13.1 Å². The fraction of sp³-hybridized carbons (Fsp3) is 0.800. The van der Waals surface area contributed by atoms with Crippen molar-refractivity contribution in [3.63, 3.8) is 0 Å². The van der Waals surface area contributed by atoms with Crippen LogP contribution in [0.4, 0.5) is 4.79 Å². The van der Waals surface area contributed by atoms with E-state index in [1.165, 1.54) is 11.0 Å². The number of nitrogens with zero attached hydrogens (tertiary/aromatic N) is 1. The zero-order valence-corrected chi connectivity index (χ0v) is 30.7. The quantitative estimate of drug-likeness (QED) is 0.160. The van der Waals surface area contributed by atoms with Gasteiger partial charge in [-0.05, 0) is 55.8 Å². The first-order valence-corrected chi connectivity index (χ1v) is 19.5. The van der Waals surface area contributed by atoms with E-state index >= 15 is 0 Å². The minimum absolute atomic E-state index is 0.0306. The van der Waals surface area contributed by atoms with Crippen molar-refractivity contribution in [1.82, 2.24) is 26.2 Å². The van der Waals surface area contributed by atoms with Crippen LogP contribution < -0.4 is 21.3 Å². The highest BCUT2D eigenvalue weighted by atomic mass is 32.2. The van der Waals surface area contributed by atoms with E-state index in [2.05, 4.69) is 27.8 Å². The maximum Gasteiger partial charge on any atom is 0.315 e. The third kappa shape index (κ3) is 9.38. The Kier molecular flexibility index (Phi) is 13.7. The van der Waals surface area contributed by atoms with E-state index in [0.717, 1.165) is 25.7 Å². The highest BCUT2D eigenvalue weighted by Gasteiger charge is 2.51. The molecule has 1 saturated carbocycles. The predicted molar refractivity (Wildman–Crippen MR) is 186 cm³/mol. The lowest BCUT2D eigenvalue weighted by Gasteiger charge is -2.43. The molecule has 3 fully saturated rings. The summed E-state index contributed by atoms with van der Waals surface area (Å²) < 4.78 is 26.1. The molecule has 2 heterocycles. The summed E-state index contributed by atoms with van der Waals surface area (Å²) in [5.74, 6) is -2.54. The van der Waals surface area contributed by atoms with Crippen LogP contribution in [0.2, 0.25) is 0 Å². The Morgan fingerprint density at radius 3 is 2.21 bits per heavy atom. The van der Waals surface area contributed by atoms with Gasteiger partial charge in [0.1, 0.15) is 12.1 Å². The van der Waals surface area contributed by atoms with Crippen LogP contribution in [-0.2, 0) is 29.0 Å². The Morgan fingerprint density at radius 1 is 1.00 bits per heavy atom. The van der Waals surface area contributed by atoms with E-state index < -0.39 is 73.7 Å². The molecule has 1 aliphatic carbocycles. The zero-order valence-electron chi connectivity index (χ0n) is 29.9. The van der Waals surface area contributed by atoms with Crippen molar-refractivity contribution in [2.75, 3.05) is 18.8 Å². The van der Waals surface area contributed by atoms with Crippen LogP contribution >= 0.6 is 0 Å². The fourth-order valence-electron chi connectivity index (χ4n) is 7.77. The molecule has 0 aromatic rings. The lowest BCUT2D eigenvalue weighted by molar-refractivity contribution is -0.144. The number of carbonyl (C=O) groups is 5. The average molecular weight is 694 g/mol.